The van der Waals surface area contributed by atoms with Crippen LogP contribution in [-0.4, -0.2) is 34.7 Å². The van der Waals surface area contributed by atoms with Crippen LogP contribution in [0.1, 0.15) is 32.1 Å². The van der Waals surface area contributed by atoms with Gasteiger partial charge in [0.25, 0.3) is 0 Å². The molecule has 3 atom stereocenters. The lowest BCUT2D eigenvalue weighted by Crippen LogP contribution is -2.41. The molecule has 2 heteroatoms. The standard InChI is InChI=1S/C11H19NO/c1-2-5-10-11(13)8-9-6-3-4-7-12(9)10/h2,9-11,13H,1,3-8H2/t9-,10+,11+/m0/s1. The Morgan fingerprint density at radius 2 is 2.31 bits per heavy atom. The molecule has 0 unspecified atom stereocenters. The minimum atomic E-state index is -0.110. The molecule has 0 aromatic rings. The molecular weight excluding hydrogens is 162 g/mol. The number of rotatable bonds is 2. The van der Waals surface area contributed by atoms with Gasteiger partial charge in [-0.15, -0.1) is 6.58 Å². The summed E-state index contributed by atoms with van der Waals surface area (Å²) in [5.74, 6) is 0. The molecule has 2 heterocycles. The molecule has 1 N–H and O–H groups in total. The Morgan fingerprint density at radius 3 is 3.08 bits per heavy atom. The quantitative estimate of drug-likeness (QED) is 0.653. The van der Waals surface area contributed by atoms with Crippen LogP contribution in [-0.2, 0) is 0 Å². The minimum absolute atomic E-state index is 0.110. The second-order valence-electron chi connectivity index (χ2n) is 4.28. The first-order valence-electron chi connectivity index (χ1n) is 5.37. The van der Waals surface area contributed by atoms with E-state index < -0.39 is 0 Å². The average molecular weight is 181 g/mol. The zero-order valence-electron chi connectivity index (χ0n) is 8.15. The van der Waals surface area contributed by atoms with Gasteiger partial charge >= 0.3 is 0 Å². The fraction of sp³-hybridized carbons (Fsp3) is 0.818. The fourth-order valence-electron chi connectivity index (χ4n) is 2.83. The molecule has 0 aromatic carbocycles. The Morgan fingerprint density at radius 1 is 1.46 bits per heavy atom. The van der Waals surface area contributed by atoms with Crippen LogP contribution < -0.4 is 0 Å². The van der Waals surface area contributed by atoms with Crippen molar-refractivity contribution in [3.8, 4) is 0 Å². The molecule has 0 aliphatic carbocycles. The Balaban J connectivity index is 2.04. The largest absolute Gasteiger partial charge is 0.391 e. The Bertz CT molecular complexity index is 193. The van der Waals surface area contributed by atoms with Crippen molar-refractivity contribution in [2.75, 3.05) is 6.54 Å². The van der Waals surface area contributed by atoms with Crippen molar-refractivity contribution in [2.24, 2.45) is 0 Å². The van der Waals surface area contributed by atoms with Crippen molar-refractivity contribution in [2.45, 2.75) is 50.3 Å². The van der Waals surface area contributed by atoms with Crippen molar-refractivity contribution in [3.05, 3.63) is 12.7 Å². The van der Waals surface area contributed by atoms with E-state index in [2.05, 4.69) is 11.5 Å². The summed E-state index contributed by atoms with van der Waals surface area (Å²) in [6, 6.07) is 1.02. The molecule has 2 fully saturated rings. The molecule has 2 rings (SSSR count). The molecule has 0 saturated carbocycles. The minimum Gasteiger partial charge on any atom is -0.391 e. The van der Waals surface area contributed by atoms with E-state index in [1.165, 1.54) is 25.8 Å². The first-order chi connectivity index (χ1) is 6.33. The van der Waals surface area contributed by atoms with E-state index in [9.17, 15) is 5.11 Å². The zero-order chi connectivity index (χ0) is 9.26. The first kappa shape index (κ1) is 9.22. The molecule has 2 nitrogen and oxygen atoms in total. The van der Waals surface area contributed by atoms with E-state index in [1.807, 2.05) is 6.08 Å². The van der Waals surface area contributed by atoms with Gasteiger partial charge in [-0.3, -0.25) is 4.90 Å². The third kappa shape index (κ3) is 1.65. The summed E-state index contributed by atoms with van der Waals surface area (Å²) in [7, 11) is 0. The second kappa shape index (κ2) is 3.81. The van der Waals surface area contributed by atoms with Gasteiger partial charge in [0.2, 0.25) is 0 Å². The maximum atomic E-state index is 9.86. The van der Waals surface area contributed by atoms with Crippen LogP contribution >= 0.6 is 0 Å². The van der Waals surface area contributed by atoms with E-state index in [-0.39, 0.29) is 6.10 Å². The van der Waals surface area contributed by atoms with Crippen LogP contribution in [0.4, 0.5) is 0 Å². The lowest BCUT2D eigenvalue weighted by molar-refractivity contribution is 0.0987. The van der Waals surface area contributed by atoms with Crippen LogP contribution in [0, 0.1) is 0 Å². The van der Waals surface area contributed by atoms with Crippen LogP contribution in [0.5, 0.6) is 0 Å². The second-order valence-corrected chi connectivity index (χ2v) is 4.28. The Kier molecular flexibility index (Phi) is 2.70. The van der Waals surface area contributed by atoms with E-state index in [1.54, 1.807) is 0 Å². The maximum Gasteiger partial charge on any atom is 0.0713 e. The topological polar surface area (TPSA) is 23.5 Å². The molecule has 0 spiro atoms. The lowest BCUT2D eigenvalue weighted by Gasteiger charge is -2.33. The smallest absolute Gasteiger partial charge is 0.0713 e. The predicted molar refractivity (Wildman–Crippen MR) is 53.6 cm³/mol. The lowest BCUT2D eigenvalue weighted by atomic mass is 10.0. The molecule has 0 radical (unpaired) electrons. The molecule has 0 bridgehead atoms. The monoisotopic (exact) mass is 181 g/mol. The van der Waals surface area contributed by atoms with Gasteiger partial charge < -0.3 is 5.11 Å². The number of piperidine rings is 1. The Hall–Kier alpha value is -0.340. The first-order valence-corrected chi connectivity index (χ1v) is 5.37. The van der Waals surface area contributed by atoms with E-state index in [0.717, 1.165) is 12.8 Å². The maximum absolute atomic E-state index is 9.86. The van der Waals surface area contributed by atoms with Gasteiger partial charge in [-0.05, 0) is 32.2 Å². The molecule has 74 valence electrons. The number of hydrogen-bond donors (Lipinski definition) is 1. The van der Waals surface area contributed by atoms with Crippen molar-refractivity contribution in [1.82, 2.24) is 4.90 Å². The van der Waals surface area contributed by atoms with Gasteiger partial charge in [-0.1, -0.05) is 12.5 Å². The highest BCUT2D eigenvalue weighted by Crippen LogP contribution is 2.33. The average Bonchev–Trinajstić information content (AvgIpc) is 2.44. The fourth-order valence-corrected chi connectivity index (χ4v) is 2.83. The summed E-state index contributed by atoms with van der Waals surface area (Å²) < 4.78 is 0. The van der Waals surface area contributed by atoms with Gasteiger partial charge in [0.05, 0.1) is 6.10 Å². The van der Waals surface area contributed by atoms with Gasteiger partial charge in [-0.25, -0.2) is 0 Å². The highest BCUT2D eigenvalue weighted by Gasteiger charge is 2.39. The summed E-state index contributed by atoms with van der Waals surface area (Å²) >= 11 is 0. The molecule has 0 aromatic heterocycles. The van der Waals surface area contributed by atoms with Gasteiger partial charge in [-0.2, -0.15) is 0 Å². The predicted octanol–water partition coefficient (Wildman–Crippen LogP) is 1.55. The molecule has 13 heavy (non-hydrogen) atoms. The summed E-state index contributed by atoms with van der Waals surface area (Å²) in [5.41, 5.74) is 0. The number of nitrogens with zero attached hydrogens (tertiary/aromatic N) is 1. The van der Waals surface area contributed by atoms with Gasteiger partial charge in [0.15, 0.2) is 0 Å². The summed E-state index contributed by atoms with van der Waals surface area (Å²) in [6.45, 7) is 4.94. The van der Waals surface area contributed by atoms with Crippen LogP contribution in [0.25, 0.3) is 0 Å². The Labute approximate surface area is 80.2 Å². The highest BCUT2D eigenvalue weighted by molar-refractivity contribution is 4.98. The molecule has 2 aliphatic heterocycles. The van der Waals surface area contributed by atoms with Crippen molar-refractivity contribution < 1.29 is 5.11 Å². The highest BCUT2D eigenvalue weighted by atomic mass is 16.3. The summed E-state index contributed by atoms with van der Waals surface area (Å²) in [4.78, 5) is 2.50. The summed E-state index contributed by atoms with van der Waals surface area (Å²) in [6.07, 6.45) is 7.68. The van der Waals surface area contributed by atoms with Crippen LogP contribution in [0.3, 0.4) is 0 Å². The summed E-state index contributed by atoms with van der Waals surface area (Å²) in [5, 5.41) is 9.86. The van der Waals surface area contributed by atoms with E-state index >= 15 is 0 Å². The number of aliphatic hydroxyl groups is 1. The van der Waals surface area contributed by atoms with Gasteiger partial charge in [0.1, 0.15) is 0 Å². The van der Waals surface area contributed by atoms with Crippen LogP contribution in [0.2, 0.25) is 0 Å². The SMILES string of the molecule is C=CC[C@@H]1[C@H](O)C[C@@H]2CCCCN21. The zero-order valence-corrected chi connectivity index (χ0v) is 8.15. The van der Waals surface area contributed by atoms with E-state index in [0.29, 0.717) is 12.1 Å². The third-order valence-corrected chi connectivity index (χ3v) is 3.46. The molecule has 2 saturated heterocycles. The van der Waals surface area contributed by atoms with Crippen molar-refractivity contribution >= 4 is 0 Å². The number of aliphatic hydroxyl groups excluding tert-OH is 1. The van der Waals surface area contributed by atoms with Gasteiger partial charge in [0, 0.05) is 12.1 Å². The normalized spacial score (nSPS) is 40.2. The number of hydrogen-bond acceptors (Lipinski definition) is 2. The third-order valence-electron chi connectivity index (χ3n) is 3.46. The van der Waals surface area contributed by atoms with E-state index in [4.69, 9.17) is 0 Å². The van der Waals surface area contributed by atoms with Crippen molar-refractivity contribution in [1.29, 1.82) is 0 Å². The molecule has 2 aliphatic rings. The number of fused-ring (bicyclic) bond motifs is 1. The van der Waals surface area contributed by atoms with Crippen LogP contribution in [0.15, 0.2) is 12.7 Å². The molecule has 0 amide bonds. The van der Waals surface area contributed by atoms with Crippen molar-refractivity contribution in [3.63, 3.8) is 0 Å². The molecular formula is C11H19NO.